The number of nitrogens with one attached hydrogen (secondary N) is 2. The van der Waals surface area contributed by atoms with Crippen LogP contribution >= 0.6 is 0 Å². The molecule has 0 unspecified atom stereocenters. The number of rotatable bonds is 7. The number of furan rings is 1. The van der Waals surface area contributed by atoms with Gasteiger partial charge in [-0.05, 0) is 59.7 Å². The monoisotopic (exact) mass is 354 g/mol. The van der Waals surface area contributed by atoms with Crippen molar-refractivity contribution in [2.75, 3.05) is 11.9 Å². The van der Waals surface area contributed by atoms with Crippen LogP contribution in [-0.2, 0) is 4.79 Å². The smallest absolute Gasteiger partial charge is 0.286 e. The van der Waals surface area contributed by atoms with E-state index in [0.717, 1.165) is 11.3 Å². The summed E-state index contributed by atoms with van der Waals surface area (Å²) in [7, 11) is 0. The molecule has 1 aromatic carbocycles. The molecule has 3 aromatic rings. The fourth-order valence-electron chi connectivity index (χ4n) is 2.43. The van der Waals surface area contributed by atoms with Crippen LogP contribution in [-0.4, -0.2) is 38.6 Å². The van der Waals surface area contributed by atoms with E-state index in [9.17, 15) is 9.59 Å². The molecule has 2 N–H and O–H groups in total. The lowest BCUT2D eigenvalue weighted by Crippen LogP contribution is -2.25. The van der Waals surface area contributed by atoms with Crippen molar-refractivity contribution >= 4 is 17.5 Å². The molecule has 3 rings (SSSR count). The second kappa shape index (κ2) is 8.06. The molecule has 9 heteroatoms. The number of aryl methyl sites for hydroxylation is 1. The van der Waals surface area contributed by atoms with Gasteiger partial charge in [-0.3, -0.25) is 9.59 Å². The zero-order valence-electron chi connectivity index (χ0n) is 14.2. The Morgan fingerprint density at radius 2 is 2.15 bits per heavy atom. The average molecular weight is 354 g/mol. The van der Waals surface area contributed by atoms with E-state index in [0.29, 0.717) is 25.1 Å². The predicted octanol–water partition coefficient (Wildman–Crippen LogP) is 1.71. The molecule has 9 nitrogen and oxygen atoms in total. The lowest BCUT2D eigenvalue weighted by atomic mass is 10.1. The Kier molecular flexibility index (Phi) is 5.37. The van der Waals surface area contributed by atoms with Crippen molar-refractivity contribution in [2.24, 2.45) is 0 Å². The molecular formula is C17H18N6O3. The van der Waals surface area contributed by atoms with E-state index in [1.165, 1.54) is 12.6 Å². The summed E-state index contributed by atoms with van der Waals surface area (Å²) in [4.78, 5) is 23.7. The molecule has 0 aliphatic heterocycles. The first-order valence-electron chi connectivity index (χ1n) is 8.09. The Bertz CT molecular complexity index is 874. The summed E-state index contributed by atoms with van der Waals surface area (Å²) in [5, 5.41) is 16.6. The largest absolute Gasteiger partial charge is 0.459 e. The number of hydrogen-bond acceptors (Lipinski definition) is 6. The molecule has 0 aliphatic rings. The summed E-state index contributed by atoms with van der Waals surface area (Å²) in [5.74, 6) is -0.149. The topological polar surface area (TPSA) is 115 Å². The summed E-state index contributed by atoms with van der Waals surface area (Å²) in [5.41, 5.74) is 2.47. The van der Waals surface area contributed by atoms with Crippen LogP contribution in [0.2, 0.25) is 0 Å². The van der Waals surface area contributed by atoms with Crippen molar-refractivity contribution in [2.45, 2.75) is 19.8 Å². The molecule has 134 valence electrons. The molecule has 26 heavy (non-hydrogen) atoms. The van der Waals surface area contributed by atoms with E-state index in [1.807, 2.05) is 19.1 Å². The normalized spacial score (nSPS) is 10.5. The summed E-state index contributed by atoms with van der Waals surface area (Å²) in [6, 6.07) is 8.72. The van der Waals surface area contributed by atoms with E-state index in [1.54, 1.807) is 22.9 Å². The second-order valence-corrected chi connectivity index (χ2v) is 5.64. The van der Waals surface area contributed by atoms with Gasteiger partial charge >= 0.3 is 0 Å². The maximum absolute atomic E-state index is 12.0. The zero-order chi connectivity index (χ0) is 18.4. The number of carbonyl (C=O) groups is 2. The first-order chi connectivity index (χ1) is 12.6. The molecule has 2 amide bonds. The van der Waals surface area contributed by atoms with Gasteiger partial charge in [0.25, 0.3) is 5.91 Å². The molecule has 2 heterocycles. The molecule has 0 spiro atoms. The lowest BCUT2D eigenvalue weighted by Gasteiger charge is -2.09. The molecule has 2 aromatic heterocycles. The number of tetrazole rings is 1. The summed E-state index contributed by atoms with van der Waals surface area (Å²) < 4.78 is 6.55. The van der Waals surface area contributed by atoms with E-state index < -0.39 is 0 Å². The molecule has 0 aliphatic carbocycles. The minimum absolute atomic E-state index is 0.119. The van der Waals surface area contributed by atoms with Crippen LogP contribution in [0.3, 0.4) is 0 Å². The van der Waals surface area contributed by atoms with Gasteiger partial charge in [-0.1, -0.05) is 0 Å². The fourth-order valence-corrected chi connectivity index (χ4v) is 2.43. The van der Waals surface area contributed by atoms with Gasteiger partial charge in [0, 0.05) is 18.7 Å². The Balaban J connectivity index is 1.45. The number of hydrogen-bond donors (Lipinski definition) is 2. The number of benzene rings is 1. The lowest BCUT2D eigenvalue weighted by molar-refractivity contribution is -0.116. The summed E-state index contributed by atoms with van der Waals surface area (Å²) in [6.07, 6.45) is 3.78. The van der Waals surface area contributed by atoms with Gasteiger partial charge in [-0.2, -0.15) is 0 Å². The second-order valence-electron chi connectivity index (χ2n) is 5.64. The van der Waals surface area contributed by atoms with Gasteiger partial charge in [0.05, 0.1) is 12.0 Å². The molecule has 0 saturated carbocycles. The third-order valence-corrected chi connectivity index (χ3v) is 3.69. The highest BCUT2D eigenvalue weighted by atomic mass is 16.3. The minimum atomic E-state index is -0.288. The van der Waals surface area contributed by atoms with E-state index in [2.05, 4.69) is 26.2 Å². The average Bonchev–Trinajstić information content (AvgIpc) is 3.32. The van der Waals surface area contributed by atoms with Crippen LogP contribution < -0.4 is 10.6 Å². The first-order valence-corrected chi connectivity index (χ1v) is 8.09. The number of nitrogens with zero attached hydrogens (tertiary/aromatic N) is 4. The predicted molar refractivity (Wildman–Crippen MR) is 92.8 cm³/mol. The van der Waals surface area contributed by atoms with Crippen LogP contribution in [0.15, 0.2) is 47.3 Å². The Morgan fingerprint density at radius 3 is 2.85 bits per heavy atom. The number of anilines is 1. The SMILES string of the molecule is Cc1cc(NC(=O)CCCNC(=O)c2ccco2)ccc1-n1cnnn1. The van der Waals surface area contributed by atoms with Crippen LogP contribution in [0.4, 0.5) is 5.69 Å². The standard InChI is InChI=1S/C17H18N6O3/c1-12-10-13(6-7-14(12)23-11-19-21-22-23)20-16(24)5-2-8-18-17(25)15-4-3-9-26-15/h3-4,6-7,9-11H,2,5,8H2,1H3,(H,18,25)(H,20,24). The van der Waals surface area contributed by atoms with Gasteiger partial charge in [0.1, 0.15) is 6.33 Å². The highest BCUT2D eigenvalue weighted by Gasteiger charge is 2.09. The van der Waals surface area contributed by atoms with E-state index in [-0.39, 0.29) is 17.6 Å². The molecule has 0 bridgehead atoms. The number of carbonyl (C=O) groups excluding carboxylic acids is 2. The zero-order valence-corrected chi connectivity index (χ0v) is 14.2. The highest BCUT2D eigenvalue weighted by Crippen LogP contribution is 2.18. The maximum Gasteiger partial charge on any atom is 0.286 e. The Hall–Kier alpha value is -3.49. The first kappa shape index (κ1) is 17.3. The van der Waals surface area contributed by atoms with Crippen LogP contribution in [0.25, 0.3) is 5.69 Å². The van der Waals surface area contributed by atoms with Gasteiger partial charge in [-0.15, -0.1) is 5.10 Å². The Labute approximate surface area is 149 Å². The van der Waals surface area contributed by atoms with Crippen LogP contribution in [0, 0.1) is 6.92 Å². The maximum atomic E-state index is 12.0. The van der Waals surface area contributed by atoms with E-state index in [4.69, 9.17) is 4.42 Å². The summed E-state index contributed by atoms with van der Waals surface area (Å²) >= 11 is 0. The minimum Gasteiger partial charge on any atom is -0.459 e. The quantitative estimate of drug-likeness (QED) is 0.624. The molecule has 0 radical (unpaired) electrons. The van der Waals surface area contributed by atoms with Gasteiger partial charge in [-0.25, -0.2) is 4.68 Å². The molecule has 0 atom stereocenters. The van der Waals surface area contributed by atoms with Gasteiger partial charge < -0.3 is 15.1 Å². The van der Waals surface area contributed by atoms with Gasteiger partial charge in [0.15, 0.2) is 5.76 Å². The van der Waals surface area contributed by atoms with Gasteiger partial charge in [0.2, 0.25) is 5.91 Å². The number of aromatic nitrogens is 4. The van der Waals surface area contributed by atoms with Crippen molar-refractivity contribution < 1.29 is 14.0 Å². The van der Waals surface area contributed by atoms with Crippen molar-refractivity contribution in [1.29, 1.82) is 0 Å². The summed E-state index contributed by atoms with van der Waals surface area (Å²) in [6.45, 7) is 2.31. The van der Waals surface area contributed by atoms with Crippen molar-refractivity contribution in [3.63, 3.8) is 0 Å². The van der Waals surface area contributed by atoms with Crippen LogP contribution in [0.5, 0.6) is 0 Å². The fraction of sp³-hybridized carbons (Fsp3) is 0.235. The third-order valence-electron chi connectivity index (χ3n) is 3.69. The number of amides is 2. The molecule has 0 fully saturated rings. The van der Waals surface area contributed by atoms with Crippen molar-refractivity contribution in [1.82, 2.24) is 25.5 Å². The Morgan fingerprint density at radius 1 is 1.27 bits per heavy atom. The van der Waals surface area contributed by atoms with E-state index >= 15 is 0 Å². The van der Waals surface area contributed by atoms with Crippen molar-refractivity contribution in [3.8, 4) is 5.69 Å². The third kappa shape index (κ3) is 4.32. The highest BCUT2D eigenvalue weighted by molar-refractivity contribution is 5.92. The molecule has 0 saturated heterocycles. The van der Waals surface area contributed by atoms with Crippen LogP contribution in [0.1, 0.15) is 29.0 Å². The van der Waals surface area contributed by atoms with Crippen molar-refractivity contribution in [3.05, 3.63) is 54.2 Å². The molecular weight excluding hydrogens is 336 g/mol.